The summed E-state index contributed by atoms with van der Waals surface area (Å²) in [6.07, 6.45) is 2.42. The zero-order valence-electron chi connectivity index (χ0n) is 11.2. The summed E-state index contributed by atoms with van der Waals surface area (Å²) in [5, 5.41) is 3.19. The van der Waals surface area contributed by atoms with Crippen LogP contribution in [0.15, 0.2) is 0 Å². The molecule has 0 saturated heterocycles. The number of anilines is 1. The van der Waals surface area contributed by atoms with Gasteiger partial charge in [0.05, 0.1) is 9.26 Å². The van der Waals surface area contributed by atoms with Crippen molar-refractivity contribution in [2.24, 2.45) is 0 Å². The van der Waals surface area contributed by atoms with Crippen molar-refractivity contribution in [2.45, 2.75) is 51.4 Å². The van der Waals surface area contributed by atoms with E-state index in [4.69, 9.17) is 4.98 Å². The molecule has 1 saturated carbocycles. The molecule has 0 aromatic carbocycles. The van der Waals surface area contributed by atoms with E-state index in [1.54, 1.807) is 0 Å². The highest BCUT2D eigenvalue weighted by molar-refractivity contribution is 14.1. The molecule has 0 spiro atoms. The number of aromatic nitrogens is 2. The van der Waals surface area contributed by atoms with Gasteiger partial charge < -0.3 is 5.32 Å². The number of rotatable bonds is 2. The van der Waals surface area contributed by atoms with Crippen LogP contribution in [0.4, 0.5) is 5.82 Å². The van der Waals surface area contributed by atoms with Gasteiger partial charge in [0.1, 0.15) is 11.6 Å². The number of hydrogen-bond acceptors (Lipinski definition) is 3. The SMILES string of the molecule is CNc1nc(C2(C)CC2)nc(C(C)(C)C)c1I. The van der Waals surface area contributed by atoms with Gasteiger partial charge in [-0.05, 0) is 35.4 Å². The van der Waals surface area contributed by atoms with E-state index >= 15 is 0 Å². The summed E-state index contributed by atoms with van der Waals surface area (Å²) in [6.45, 7) is 8.86. The van der Waals surface area contributed by atoms with Gasteiger partial charge in [-0.15, -0.1) is 0 Å². The maximum atomic E-state index is 4.83. The molecule has 0 aliphatic heterocycles. The molecule has 3 nitrogen and oxygen atoms in total. The van der Waals surface area contributed by atoms with Gasteiger partial charge in [-0.25, -0.2) is 9.97 Å². The Hall–Kier alpha value is -0.390. The number of halogens is 1. The molecule has 1 aromatic rings. The average molecular weight is 345 g/mol. The van der Waals surface area contributed by atoms with E-state index in [1.165, 1.54) is 12.8 Å². The van der Waals surface area contributed by atoms with Crippen molar-refractivity contribution >= 4 is 28.4 Å². The van der Waals surface area contributed by atoms with Gasteiger partial charge in [-0.2, -0.15) is 0 Å². The summed E-state index contributed by atoms with van der Waals surface area (Å²) >= 11 is 2.34. The Balaban J connectivity index is 2.58. The molecular weight excluding hydrogens is 325 g/mol. The lowest BCUT2D eigenvalue weighted by Crippen LogP contribution is -2.21. The van der Waals surface area contributed by atoms with Crippen LogP contribution in [0.5, 0.6) is 0 Å². The van der Waals surface area contributed by atoms with Gasteiger partial charge in [0.2, 0.25) is 0 Å². The van der Waals surface area contributed by atoms with E-state index in [-0.39, 0.29) is 10.8 Å². The van der Waals surface area contributed by atoms with Crippen LogP contribution in [0, 0.1) is 3.57 Å². The van der Waals surface area contributed by atoms with Crippen LogP contribution in [-0.2, 0) is 10.8 Å². The summed E-state index contributed by atoms with van der Waals surface area (Å²) in [4.78, 5) is 9.50. The molecule has 0 amide bonds. The molecule has 0 bridgehead atoms. The maximum absolute atomic E-state index is 4.83. The average Bonchev–Trinajstić information content (AvgIpc) is 2.96. The van der Waals surface area contributed by atoms with Crippen LogP contribution in [-0.4, -0.2) is 17.0 Å². The Labute approximate surface area is 117 Å². The van der Waals surface area contributed by atoms with E-state index in [9.17, 15) is 0 Å². The minimum atomic E-state index is 0.0606. The summed E-state index contributed by atoms with van der Waals surface area (Å²) < 4.78 is 1.14. The van der Waals surface area contributed by atoms with Gasteiger partial charge in [0.15, 0.2) is 0 Å². The molecule has 0 radical (unpaired) electrons. The Morgan fingerprint density at radius 2 is 1.82 bits per heavy atom. The van der Waals surface area contributed by atoms with E-state index < -0.39 is 0 Å². The minimum Gasteiger partial charge on any atom is -0.372 e. The second-order valence-electron chi connectivity index (χ2n) is 6.12. The van der Waals surface area contributed by atoms with Crippen molar-refractivity contribution in [2.75, 3.05) is 12.4 Å². The van der Waals surface area contributed by atoms with Crippen LogP contribution >= 0.6 is 22.6 Å². The van der Waals surface area contributed by atoms with Gasteiger partial charge in [-0.3, -0.25) is 0 Å². The number of nitrogens with zero attached hydrogens (tertiary/aromatic N) is 2. The highest BCUT2D eigenvalue weighted by Gasteiger charge is 2.43. The fraction of sp³-hybridized carbons (Fsp3) is 0.692. The molecule has 1 fully saturated rings. The van der Waals surface area contributed by atoms with E-state index in [0.29, 0.717) is 0 Å². The third kappa shape index (κ3) is 2.41. The Morgan fingerprint density at radius 3 is 2.24 bits per heavy atom. The summed E-state index contributed by atoms with van der Waals surface area (Å²) in [5.41, 5.74) is 1.43. The third-order valence-corrected chi connectivity index (χ3v) is 4.36. The zero-order valence-corrected chi connectivity index (χ0v) is 13.3. The van der Waals surface area contributed by atoms with Crippen LogP contribution in [0.25, 0.3) is 0 Å². The lowest BCUT2D eigenvalue weighted by atomic mass is 9.91. The molecule has 1 aromatic heterocycles. The molecule has 2 rings (SSSR count). The quantitative estimate of drug-likeness (QED) is 0.834. The number of hydrogen-bond donors (Lipinski definition) is 1. The van der Waals surface area contributed by atoms with Crippen molar-refractivity contribution in [1.82, 2.24) is 9.97 Å². The summed E-state index contributed by atoms with van der Waals surface area (Å²) in [6, 6.07) is 0. The first-order valence-electron chi connectivity index (χ1n) is 6.04. The van der Waals surface area contributed by atoms with Crippen molar-refractivity contribution in [3.8, 4) is 0 Å². The van der Waals surface area contributed by atoms with Crippen molar-refractivity contribution in [3.05, 3.63) is 15.1 Å². The van der Waals surface area contributed by atoms with Gasteiger partial charge >= 0.3 is 0 Å². The largest absolute Gasteiger partial charge is 0.372 e. The van der Waals surface area contributed by atoms with E-state index in [2.05, 4.69) is 60.6 Å². The van der Waals surface area contributed by atoms with Gasteiger partial charge in [0.25, 0.3) is 0 Å². The first-order valence-corrected chi connectivity index (χ1v) is 7.12. The molecule has 0 unspecified atom stereocenters. The monoisotopic (exact) mass is 345 g/mol. The lowest BCUT2D eigenvalue weighted by Gasteiger charge is -2.23. The molecule has 4 heteroatoms. The fourth-order valence-electron chi connectivity index (χ4n) is 1.79. The summed E-state index contributed by atoms with van der Waals surface area (Å²) in [7, 11) is 1.93. The van der Waals surface area contributed by atoms with Gasteiger partial charge in [-0.1, -0.05) is 27.7 Å². The molecule has 1 N–H and O–H groups in total. The second-order valence-corrected chi connectivity index (χ2v) is 7.20. The number of nitrogens with one attached hydrogen (secondary N) is 1. The molecule has 1 aliphatic rings. The Kier molecular flexibility index (Phi) is 3.13. The molecule has 94 valence electrons. The first-order chi connectivity index (χ1) is 7.78. The normalized spacial score (nSPS) is 18.0. The predicted molar refractivity (Wildman–Crippen MR) is 79.6 cm³/mol. The standard InChI is InChI=1S/C13H20IN3/c1-12(2,3)9-8(14)10(15-5)17-11(16-9)13(4)6-7-13/h6-7H2,1-5H3,(H,15,16,17). The van der Waals surface area contributed by atoms with Crippen LogP contribution in [0.1, 0.15) is 52.1 Å². The first kappa shape index (κ1) is 13.1. The Morgan fingerprint density at radius 1 is 1.24 bits per heavy atom. The zero-order chi connectivity index (χ0) is 12.8. The van der Waals surface area contributed by atoms with Gasteiger partial charge in [0, 0.05) is 17.9 Å². The highest BCUT2D eigenvalue weighted by Crippen LogP contribution is 2.47. The molecule has 0 atom stereocenters. The Bertz CT molecular complexity index is 445. The third-order valence-electron chi connectivity index (χ3n) is 3.34. The van der Waals surface area contributed by atoms with E-state index in [0.717, 1.165) is 20.9 Å². The van der Waals surface area contributed by atoms with Crippen LogP contribution in [0.3, 0.4) is 0 Å². The molecular formula is C13H20IN3. The molecule has 1 aliphatic carbocycles. The van der Waals surface area contributed by atoms with Crippen LogP contribution in [0.2, 0.25) is 0 Å². The highest BCUT2D eigenvalue weighted by atomic mass is 127. The fourth-order valence-corrected chi connectivity index (χ4v) is 3.11. The molecule has 17 heavy (non-hydrogen) atoms. The van der Waals surface area contributed by atoms with E-state index in [1.807, 2.05) is 7.05 Å². The van der Waals surface area contributed by atoms with Crippen LogP contribution < -0.4 is 5.32 Å². The summed E-state index contributed by atoms with van der Waals surface area (Å²) in [5.74, 6) is 1.97. The minimum absolute atomic E-state index is 0.0606. The smallest absolute Gasteiger partial charge is 0.143 e. The van der Waals surface area contributed by atoms with Crippen molar-refractivity contribution in [3.63, 3.8) is 0 Å². The second kappa shape index (κ2) is 4.07. The maximum Gasteiger partial charge on any atom is 0.143 e. The topological polar surface area (TPSA) is 37.8 Å². The molecule has 1 heterocycles. The predicted octanol–water partition coefficient (Wildman–Crippen LogP) is 3.47. The lowest BCUT2D eigenvalue weighted by molar-refractivity contribution is 0.550. The van der Waals surface area contributed by atoms with Crippen molar-refractivity contribution < 1.29 is 0 Å². The van der Waals surface area contributed by atoms with Crippen molar-refractivity contribution in [1.29, 1.82) is 0 Å².